The van der Waals surface area contributed by atoms with E-state index in [0.717, 1.165) is 13.0 Å². The molecule has 2 N–H and O–H groups in total. The molecule has 0 aromatic heterocycles. The van der Waals surface area contributed by atoms with Crippen LogP contribution in [-0.2, 0) is 0 Å². The summed E-state index contributed by atoms with van der Waals surface area (Å²) < 4.78 is 28.3. The highest BCUT2D eigenvalue weighted by atomic mass is 35.5. The molecule has 0 spiro atoms. The molecule has 1 aromatic rings. The number of nitrogens with one attached hydrogen (secondary N) is 2. The van der Waals surface area contributed by atoms with E-state index < -0.39 is 6.61 Å². The number of benzene rings is 1. The van der Waals surface area contributed by atoms with Crippen molar-refractivity contribution in [2.75, 3.05) is 19.6 Å². The number of ether oxygens (including phenoxy) is 1. The van der Waals surface area contributed by atoms with Crippen LogP contribution >= 0.6 is 12.4 Å². The van der Waals surface area contributed by atoms with Gasteiger partial charge < -0.3 is 15.4 Å². The third-order valence-electron chi connectivity index (χ3n) is 2.34. The van der Waals surface area contributed by atoms with Crippen LogP contribution < -0.4 is 15.4 Å². The third-order valence-corrected chi connectivity index (χ3v) is 2.34. The van der Waals surface area contributed by atoms with Crippen molar-refractivity contribution in [3.05, 3.63) is 29.8 Å². The van der Waals surface area contributed by atoms with E-state index in [-0.39, 0.29) is 24.1 Å². The molecular weight excluding hydrogens is 290 g/mol. The van der Waals surface area contributed by atoms with Gasteiger partial charge in [-0.2, -0.15) is 8.78 Å². The van der Waals surface area contributed by atoms with Crippen molar-refractivity contribution >= 4 is 18.3 Å². The number of rotatable bonds is 8. The van der Waals surface area contributed by atoms with Crippen LogP contribution in [0.25, 0.3) is 0 Å². The zero-order valence-corrected chi connectivity index (χ0v) is 12.0. The lowest BCUT2D eigenvalue weighted by Gasteiger charge is -2.08. The van der Waals surface area contributed by atoms with Gasteiger partial charge in [0.05, 0.1) is 0 Å². The van der Waals surface area contributed by atoms with Crippen LogP contribution in [-0.4, -0.2) is 32.2 Å². The standard InChI is InChI=1S/C13H18F2N2O2.ClH/c1-2-6-16-7-8-17-12(18)10-4-3-5-11(9-10)19-13(14)15;/h3-5,9,13,16H,2,6-8H2,1H3,(H,17,18);1H. The number of carbonyl (C=O) groups excluding carboxylic acids is 1. The fraction of sp³-hybridized carbons (Fsp3) is 0.462. The molecule has 4 nitrogen and oxygen atoms in total. The predicted octanol–water partition coefficient (Wildman–Crippen LogP) is 2.44. The molecule has 0 fully saturated rings. The van der Waals surface area contributed by atoms with Gasteiger partial charge in [0, 0.05) is 18.7 Å². The minimum absolute atomic E-state index is 0. The zero-order chi connectivity index (χ0) is 14.1. The average molecular weight is 309 g/mol. The maximum atomic E-state index is 12.0. The monoisotopic (exact) mass is 308 g/mol. The SMILES string of the molecule is CCCNCCNC(=O)c1cccc(OC(F)F)c1.Cl. The molecule has 0 aliphatic carbocycles. The summed E-state index contributed by atoms with van der Waals surface area (Å²) >= 11 is 0. The van der Waals surface area contributed by atoms with Gasteiger partial charge in [0.2, 0.25) is 0 Å². The van der Waals surface area contributed by atoms with E-state index in [0.29, 0.717) is 18.7 Å². The van der Waals surface area contributed by atoms with Crippen molar-refractivity contribution in [1.29, 1.82) is 0 Å². The van der Waals surface area contributed by atoms with Gasteiger partial charge in [0.1, 0.15) is 5.75 Å². The van der Waals surface area contributed by atoms with Crippen molar-refractivity contribution < 1.29 is 18.3 Å². The van der Waals surface area contributed by atoms with Crippen LogP contribution in [0.15, 0.2) is 24.3 Å². The fourth-order valence-corrected chi connectivity index (χ4v) is 1.48. The van der Waals surface area contributed by atoms with E-state index in [2.05, 4.69) is 22.3 Å². The molecule has 0 saturated heterocycles. The molecule has 0 aliphatic rings. The number of carbonyl (C=O) groups is 1. The van der Waals surface area contributed by atoms with Crippen LogP contribution in [0.4, 0.5) is 8.78 Å². The summed E-state index contributed by atoms with van der Waals surface area (Å²) in [4.78, 5) is 11.7. The van der Waals surface area contributed by atoms with Gasteiger partial charge in [-0.15, -0.1) is 12.4 Å². The number of halogens is 3. The molecule has 1 rings (SSSR count). The first-order chi connectivity index (χ1) is 9.13. The summed E-state index contributed by atoms with van der Waals surface area (Å²) in [5.41, 5.74) is 0.300. The molecule has 0 atom stereocenters. The molecule has 7 heteroatoms. The summed E-state index contributed by atoms with van der Waals surface area (Å²) in [6.45, 7) is 1.22. The zero-order valence-electron chi connectivity index (χ0n) is 11.2. The van der Waals surface area contributed by atoms with E-state index in [9.17, 15) is 13.6 Å². The van der Waals surface area contributed by atoms with E-state index in [1.807, 2.05) is 0 Å². The molecule has 0 unspecified atom stereocenters. The van der Waals surface area contributed by atoms with Gasteiger partial charge in [-0.05, 0) is 31.2 Å². The van der Waals surface area contributed by atoms with Crippen LogP contribution in [0.5, 0.6) is 5.75 Å². The molecule has 1 amide bonds. The summed E-state index contributed by atoms with van der Waals surface area (Å²) in [7, 11) is 0. The van der Waals surface area contributed by atoms with Gasteiger partial charge in [-0.1, -0.05) is 13.0 Å². The van der Waals surface area contributed by atoms with Crippen LogP contribution in [0.1, 0.15) is 23.7 Å². The van der Waals surface area contributed by atoms with Crippen LogP contribution in [0, 0.1) is 0 Å². The Labute approximate surface area is 123 Å². The van der Waals surface area contributed by atoms with E-state index in [1.54, 1.807) is 6.07 Å². The number of alkyl halides is 2. The predicted molar refractivity (Wildman–Crippen MR) is 75.8 cm³/mol. The van der Waals surface area contributed by atoms with Crippen molar-refractivity contribution in [3.63, 3.8) is 0 Å². The van der Waals surface area contributed by atoms with Gasteiger partial charge in [0.25, 0.3) is 5.91 Å². The first-order valence-corrected chi connectivity index (χ1v) is 6.17. The van der Waals surface area contributed by atoms with Gasteiger partial charge in [-0.25, -0.2) is 0 Å². The van der Waals surface area contributed by atoms with Crippen molar-refractivity contribution in [2.45, 2.75) is 20.0 Å². The van der Waals surface area contributed by atoms with Crippen molar-refractivity contribution in [3.8, 4) is 5.75 Å². The van der Waals surface area contributed by atoms with E-state index >= 15 is 0 Å². The number of hydrogen-bond donors (Lipinski definition) is 2. The van der Waals surface area contributed by atoms with Gasteiger partial charge in [0.15, 0.2) is 0 Å². The van der Waals surface area contributed by atoms with Gasteiger partial charge >= 0.3 is 6.61 Å². The van der Waals surface area contributed by atoms with E-state index in [4.69, 9.17) is 0 Å². The highest BCUT2D eigenvalue weighted by Gasteiger charge is 2.08. The van der Waals surface area contributed by atoms with Crippen LogP contribution in [0.3, 0.4) is 0 Å². The molecule has 114 valence electrons. The molecule has 0 saturated carbocycles. The molecule has 0 bridgehead atoms. The summed E-state index contributed by atoms with van der Waals surface area (Å²) in [6.07, 6.45) is 1.03. The summed E-state index contributed by atoms with van der Waals surface area (Å²) in [5.74, 6) is -0.329. The Bertz CT molecular complexity index is 406. The molecule has 1 aromatic carbocycles. The third kappa shape index (κ3) is 7.25. The molecule has 0 aliphatic heterocycles. The molecule has 20 heavy (non-hydrogen) atoms. The molecular formula is C13H19ClF2N2O2. The fourth-order valence-electron chi connectivity index (χ4n) is 1.48. The Kier molecular flexibility index (Phi) is 9.67. The normalized spacial score (nSPS) is 10.0. The molecule has 0 radical (unpaired) electrons. The highest BCUT2D eigenvalue weighted by molar-refractivity contribution is 5.94. The first-order valence-electron chi connectivity index (χ1n) is 6.17. The Hall–Kier alpha value is -1.40. The summed E-state index contributed by atoms with van der Waals surface area (Å²) in [5, 5.41) is 5.83. The largest absolute Gasteiger partial charge is 0.435 e. The maximum Gasteiger partial charge on any atom is 0.387 e. The lowest BCUT2D eigenvalue weighted by molar-refractivity contribution is -0.0498. The Morgan fingerprint density at radius 3 is 2.70 bits per heavy atom. The maximum absolute atomic E-state index is 12.0. The van der Waals surface area contributed by atoms with E-state index in [1.165, 1.54) is 18.2 Å². The minimum atomic E-state index is -2.89. The van der Waals surface area contributed by atoms with Gasteiger partial charge in [-0.3, -0.25) is 4.79 Å². The highest BCUT2D eigenvalue weighted by Crippen LogP contribution is 2.15. The Morgan fingerprint density at radius 2 is 2.05 bits per heavy atom. The quantitative estimate of drug-likeness (QED) is 0.725. The topological polar surface area (TPSA) is 50.4 Å². The first kappa shape index (κ1) is 18.6. The smallest absolute Gasteiger partial charge is 0.387 e. The summed E-state index contributed by atoms with van der Waals surface area (Å²) in [6, 6.07) is 5.72. The lowest BCUT2D eigenvalue weighted by atomic mass is 10.2. The Balaban J connectivity index is 0.00000361. The molecule has 0 heterocycles. The van der Waals surface area contributed by atoms with Crippen LogP contribution in [0.2, 0.25) is 0 Å². The minimum Gasteiger partial charge on any atom is -0.435 e. The second-order valence-corrected chi connectivity index (χ2v) is 3.91. The lowest BCUT2D eigenvalue weighted by Crippen LogP contribution is -2.32. The van der Waals surface area contributed by atoms with Crippen molar-refractivity contribution in [1.82, 2.24) is 10.6 Å². The number of hydrogen-bond acceptors (Lipinski definition) is 3. The second-order valence-electron chi connectivity index (χ2n) is 3.91. The second kappa shape index (κ2) is 10.4. The van der Waals surface area contributed by atoms with Crippen molar-refractivity contribution in [2.24, 2.45) is 0 Å². The Morgan fingerprint density at radius 1 is 1.30 bits per heavy atom. The number of amides is 1. The average Bonchev–Trinajstić information content (AvgIpc) is 2.38.